The van der Waals surface area contributed by atoms with Crippen molar-refractivity contribution >= 4 is 11.6 Å². The van der Waals surface area contributed by atoms with Gasteiger partial charge in [0.25, 0.3) is 0 Å². The molecular formula is C16H17F2N3O. The third-order valence-electron chi connectivity index (χ3n) is 4.25. The third kappa shape index (κ3) is 3.03. The molecule has 2 fully saturated rings. The Labute approximate surface area is 127 Å². The Bertz CT molecular complexity index is 606. The fraction of sp³-hybridized carbons (Fsp3) is 0.500. The van der Waals surface area contributed by atoms with E-state index in [9.17, 15) is 13.6 Å². The molecule has 1 aromatic carbocycles. The first kappa shape index (κ1) is 14.8. The van der Waals surface area contributed by atoms with Gasteiger partial charge in [0.2, 0.25) is 5.91 Å². The van der Waals surface area contributed by atoms with E-state index in [0.717, 1.165) is 25.0 Å². The van der Waals surface area contributed by atoms with Crippen molar-refractivity contribution in [1.82, 2.24) is 4.90 Å². The summed E-state index contributed by atoms with van der Waals surface area (Å²) in [5.41, 5.74) is -0.226. The van der Waals surface area contributed by atoms with Crippen LogP contribution in [0, 0.1) is 28.9 Å². The van der Waals surface area contributed by atoms with Crippen LogP contribution in [0.25, 0.3) is 0 Å². The fourth-order valence-corrected chi connectivity index (χ4v) is 2.81. The first-order valence-electron chi connectivity index (χ1n) is 7.53. The summed E-state index contributed by atoms with van der Waals surface area (Å²) in [6, 6.07) is 3.70. The maximum atomic E-state index is 13.9. The normalized spacial score (nSPS) is 18.9. The van der Waals surface area contributed by atoms with E-state index in [1.807, 2.05) is 4.90 Å². The van der Waals surface area contributed by atoms with E-state index in [1.165, 1.54) is 0 Å². The standard InChI is InChI=1S/C16H17F2N3O/c17-13-7-10(9-19)8-14(18)15(13)20-12-3-5-21(6-4-12)16(22)11-1-2-11/h7-8,11-12,20H,1-6H2. The number of hydrogen-bond acceptors (Lipinski definition) is 3. The Morgan fingerprint density at radius 3 is 2.27 bits per heavy atom. The molecule has 1 saturated heterocycles. The number of rotatable bonds is 3. The molecule has 3 rings (SSSR count). The molecule has 1 N–H and O–H groups in total. The lowest BCUT2D eigenvalue weighted by Gasteiger charge is -2.33. The van der Waals surface area contributed by atoms with Gasteiger partial charge in [-0.05, 0) is 37.8 Å². The topological polar surface area (TPSA) is 56.1 Å². The predicted octanol–water partition coefficient (Wildman–Crippen LogP) is 2.65. The maximum Gasteiger partial charge on any atom is 0.225 e. The molecule has 4 nitrogen and oxygen atoms in total. The molecule has 6 heteroatoms. The molecular weight excluding hydrogens is 288 g/mol. The summed E-state index contributed by atoms with van der Waals surface area (Å²) in [6.07, 6.45) is 3.30. The summed E-state index contributed by atoms with van der Waals surface area (Å²) in [7, 11) is 0. The zero-order chi connectivity index (χ0) is 15.7. The third-order valence-corrected chi connectivity index (χ3v) is 4.25. The van der Waals surface area contributed by atoms with Crippen molar-refractivity contribution in [1.29, 1.82) is 5.26 Å². The molecule has 0 atom stereocenters. The number of piperidine rings is 1. The average Bonchev–Trinajstić information content (AvgIpc) is 3.35. The van der Waals surface area contributed by atoms with Crippen molar-refractivity contribution < 1.29 is 13.6 Å². The molecule has 0 bridgehead atoms. The van der Waals surface area contributed by atoms with Crippen molar-refractivity contribution in [3.05, 3.63) is 29.3 Å². The van der Waals surface area contributed by atoms with Crippen LogP contribution in [0.3, 0.4) is 0 Å². The molecule has 0 radical (unpaired) electrons. The van der Waals surface area contributed by atoms with Crippen LogP contribution in [0.5, 0.6) is 0 Å². The van der Waals surface area contributed by atoms with E-state index in [1.54, 1.807) is 6.07 Å². The Morgan fingerprint density at radius 1 is 1.18 bits per heavy atom. The van der Waals surface area contributed by atoms with Crippen LogP contribution in [0.1, 0.15) is 31.2 Å². The predicted molar refractivity (Wildman–Crippen MR) is 77.0 cm³/mol. The van der Waals surface area contributed by atoms with E-state index in [4.69, 9.17) is 5.26 Å². The van der Waals surface area contributed by atoms with Crippen molar-refractivity contribution in [2.75, 3.05) is 18.4 Å². The molecule has 1 heterocycles. The van der Waals surface area contributed by atoms with Crippen LogP contribution in [0.15, 0.2) is 12.1 Å². The smallest absolute Gasteiger partial charge is 0.225 e. The Kier molecular flexibility index (Phi) is 3.97. The number of benzene rings is 1. The van der Waals surface area contributed by atoms with Gasteiger partial charge in [-0.2, -0.15) is 5.26 Å². The molecule has 116 valence electrons. The average molecular weight is 305 g/mol. The van der Waals surface area contributed by atoms with Crippen molar-refractivity contribution in [3.63, 3.8) is 0 Å². The number of anilines is 1. The highest BCUT2D eigenvalue weighted by Gasteiger charge is 2.35. The van der Waals surface area contributed by atoms with E-state index in [0.29, 0.717) is 25.9 Å². The Morgan fingerprint density at radius 2 is 1.77 bits per heavy atom. The molecule has 1 amide bonds. The first-order chi connectivity index (χ1) is 10.6. The van der Waals surface area contributed by atoms with Gasteiger partial charge in [-0.25, -0.2) is 8.78 Å². The van der Waals surface area contributed by atoms with Gasteiger partial charge < -0.3 is 10.2 Å². The zero-order valence-electron chi connectivity index (χ0n) is 12.1. The second-order valence-corrected chi connectivity index (χ2v) is 5.94. The van der Waals surface area contributed by atoms with Gasteiger partial charge in [-0.15, -0.1) is 0 Å². The van der Waals surface area contributed by atoms with Gasteiger partial charge in [0.05, 0.1) is 11.6 Å². The van der Waals surface area contributed by atoms with Gasteiger partial charge >= 0.3 is 0 Å². The molecule has 1 aromatic rings. The SMILES string of the molecule is N#Cc1cc(F)c(NC2CCN(C(=O)C3CC3)CC2)c(F)c1. The number of nitrogens with zero attached hydrogens (tertiary/aromatic N) is 2. The summed E-state index contributed by atoms with van der Waals surface area (Å²) in [4.78, 5) is 13.8. The van der Waals surface area contributed by atoms with Gasteiger partial charge in [0.1, 0.15) is 5.69 Å². The van der Waals surface area contributed by atoms with Crippen LogP contribution in [0.4, 0.5) is 14.5 Å². The monoisotopic (exact) mass is 305 g/mol. The van der Waals surface area contributed by atoms with E-state index < -0.39 is 11.6 Å². The van der Waals surface area contributed by atoms with Crippen LogP contribution < -0.4 is 5.32 Å². The number of nitrogens with one attached hydrogen (secondary N) is 1. The van der Waals surface area contributed by atoms with Crippen molar-refractivity contribution in [2.45, 2.75) is 31.7 Å². The quantitative estimate of drug-likeness (QED) is 0.934. The molecule has 1 aliphatic carbocycles. The van der Waals surface area contributed by atoms with Crippen molar-refractivity contribution in [3.8, 4) is 6.07 Å². The van der Waals surface area contributed by atoms with Crippen molar-refractivity contribution in [2.24, 2.45) is 5.92 Å². The number of halogens is 2. The number of likely N-dealkylation sites (tertiary alicyclic amines) is 1. The number of carbonyl (C=O) groups is 1. The fourth-order valence-electron chi connectivity index (χ4n) is 2.81. The van der Waals surface area contributed by atoms with Crippen LogP contribution in [-0.4, -0.2) is 29.9 Å². The highest BCUT2D eigenvalue weighted by atomic mass is 19.1. The minimum Gasteiger partial charge on any atom is -0.377 e. The van der Waals surface area contributed by atoms with E-state index in [-0.39, 0.29) is 29.1 Å². The second-order valence-electron chi connectivity index (χ2n) is 5.94. The zero-order valence-corrected chi connectivity index (χ0v) is 12.1. The number of carbonyl (C=O) groups excluding carboxylic acids is 1. The number of amides is 1. The highest BCUT2D eigenvalue weighted by molar-refractivity contribution is 5.81. The molecule has 0 unspecified atom stereocenters. The minimum atomic E-state index is -0.756. The van der Waals surface area contributed by atoms with Crippen LogP contribution in [0.2, 0.25) is 0 Å². The summed E-state index contributed by atoms with van der Waals surface area (Å²) in [5, 5.41) is 11.6. The summed E-state index contributed by atoms with van der Waals surface area (Å²) < 4.78 is 27.7. The lowest BCUT2D eigenvalue weighted by molar-refractivity contribution is -0.133. The summed E-state index contributed by atoms with van der Waals surface area (Å²) >= 11 is 0. The molecule has 22 heavy (non-hydrogen) atoms. The Balaban J connectivity index is 1.61. The molecule has 1 saturated carbocycles. The lowest BCUT2D eigenvalue weighted by atomic mass is 10.0. The van der Waals surface area contributed by atoms with Gasteiger partial charge in [0, 0.05) is 25.0 Å². The van der Waals surface area contributed by atoms with Crippen LogP contribution >= 0.6 is 0 Å². The molecule has 1 aliphatic heterocycles. The molecule has 2 aliphatic rings. The molecule has 0 spiro atoms. The van der Waals surface area contributed by atoms with Crippen LogP contribution in [-0.2, 0) is 4.79 Å². The first-order valence-corrected chi connectivity index (χ1v) is 7.53. The van der Waals surface area contributed by atoms with E-state index >= 15 is 0 Å². The van der Waals surface area contributed by atoms with Gasteiger partial charge in [0.15, 0.2) is 11.6 Å². The second kappa shape index (κ2) is 5.91. The van der Waals surface area contributed by atoms with E-state index in [2.05, 4.69) is 5.32 Å². The number of hydrogen-bond donors (Lipinski definition) is 1. The Hall–Kier alpha value is -2.16. The van der Waals surface area contributed by atoms with Gasteiger partial charge in [-0.3, -0.25) is 4.79 Å². The van der Waals surface area contributed by atoms with Gasteiger partial charge in [-0.1, -0.05) is 0 Å². The summed E-state index contributed by atoms with van der Waals surface area (Å²) in [6.45, 7) is 1.24. The highest BCUT2D eigenvalue weighted by Crippen LogP contribution is 2.32. The summed E-state index contributed by atoms with van der Waals surface area (Å²) in [5.74, 6) is -1.09. The molecule has 0 aromatic heterocycles. The minimum absolute atomic E-state index is 0.0367. The maximum absolute atomic E-state index is 13.9. The lowest BCUT2D eigenvalue weighted by Crippen LogP contribution is -2.43. The largest absolute Gasteiger partial charge is 0.377 e. The number of nitriles is 1.